The SMILES string of the molecule is CC(C)(C)OC(=O)N1CC(Cc2ccc(F)cc2)CC1Cn1cc(Cc2cc(NC(c3ccccc3)(c3ccccc3)c3ccccc3)nc3c2nnn3C(c2ccccc2)(c2ccccc2)c2ccccc2)cn1. The summed E-state index contributed by atoms with van der Waals surface area (Å²) in [4.78, 5) is 21.3. The third-order valence-electron chi connectivity index (χ3n) is 14.4. The Balaban J connectivity index is 1.05. The second-order valence-corrected chi connectivity index (χ2v) is 20.6. The summed E-state index contributed by atoms with van der Waals surface area (Å²) in [6, 6.07) is 71.5. The molecule has 0 aliphatic carbocycles. The Morgan fingerprint density at radius 3 is 1.64 bits per heavy atom. The first-order valence-corrected chi connectivity index (χ1v) is 25.7. The van der Waals surface area contributed by atoms with Gasteiger partial charge in [0.2, 0.25) is 0 Å². The molecule has 10 nitrogen and oxygen atoms in total. The lowest BCUT2D eigenvalue weighted by Crippen LogP contribution is -2.41. The van der Waals surface area contributed by atoms with Crippen LogP contribution in [0.4, 0.5) is 15.0 Å². The molecular weight excluding hydrogens is 932 g/mol. The Kier molecular flexibility index (Phi) is 13.4. The van der Waals surface area contributed by atoms with Crippen LogP contribution in [0.3, 0.4) is 0 Å². The lowest BCUT2D eigenvalue weighted by molar-refractivity contribution is 0.0207. The molecule has 10 aromatic rings. The highest BCUT2D eigenvalue weighted by Gasteiger charge is 2.43. The molecule has 374 valence electrons. The van der Waals surface area contributed by atoms with Gasteiger partial charge in [-0.2, -0.15) is 5.10 Å². The number of anilines is 1. The zero-order valence-corrected chi connectivity index (χ0v) is 42.4. The van der Waals surface area contributed by atoms with Crippen molar-refractivity contribution in [3.63, 3.8) is 0 Å². The van der Waals surface area contributed by atoms with Crippen molar-refractivity contribution in [3.05, 3.63) is 281 Å². The molecule has 1 saturated heterocycles. The van der Waals surface area contributed by atoms with Crippen LogP contribution in [0.25, 0.3) is 11.2 Å². The van der Waals surface area contributed by atoms with Gasteiger partial charge in [0.1, 0.15) is 33.8 Å². The van der Waals surface area contributed by atoms with Gasteiger partial charge in [-0.1, -0.05) is 199 Å². The normalized spacial score (nSPS) is 15.0. The van der Waals surface area contributed by atoms with E-state index in [1.807, 2.05) is 89.8 Å². The summed E-state index contributed by atoms with van der Waals surface area (Å²) in [5.41, 5.74) is 7.68. The molecule has 0 radical (unpaired) electrons. The second-order valence-electron chi connectivity index (χ2n) is 20.6. The maximum atomic E-state index is 13.9. The molecule has 1 amide bonds. The summed E-state index contributed by atoms with van der Waals surface area (Å²) >= 11 is 0. The number of hydrogen-bond acceptors (Lipinski definition) is 7. The molecule has 0 spiro atoms. The average Bonchev–Trinajstić information content (AvgIpc) is 4.21. The van der Waals surface area contributed by atoms with Gasteiger partial charge in [0.05, 0.1) is 18.8 Å². The molecule has 7 aromatic carbocycles. The number of carbonyl (C=O) groups is 1. The molecule has 11 rings (SSSR count). The van der Waals surface area contributed by atoms with E-state index in [1.54, 1.807) is 0 Å². The summed E-state index contributed by atoms with van der Waals surface area (Å²) in [5.74, 6) is 0.516. The van der Waals surface area contributed by atoms with E-state index in [1.165, 1.54) is 12.1 Å². The van der Waals surface area contributed by atoms with Crippen LogP contribution >= 0.6 is 0 Å². The predicted molar refractivity (Wildman–Crippen MR) is 293 cm³/mol. The quantitative estimate of drug-likeness (QED) is 0.102. The highest BCUT2D eigenvalue weighted by molar-refractivity contribution is 5.79. The molecular formula is C64H59FN8O2. The van der Waals surface area contributed by atoms with Crippen molar-refractivity contribution in [2.75, 3.05) is 11.9 Å². The van der Waals surface area contributed by atoms with Gasteiger partial charge in [-0.05, 0) is 108 Å². The molecule has 0 bridgehead atoms. The van der Waals surface area contributed by atoms with Crippen molar-refractivity contribution in [1.82, 2.24) is 34.7 Å². The Labute approximate surface area is 437 Å². The number of ether oxygens (including phenoxy) is 1. The molecule has 2 unspecified atom stereocenters. The fourth-order valence-corrected chi connectivity index (χ4v) is 11.1. The number of carbonyl (C=O) groups excluding carboxylic acids is 1. The highest BCUT2D eigenvalue weighted by atomic mass is 19.1. The van der Waals surface area contributed by atoms with E-state index >= 15 is 0 Å². The molecule has 1 fully saturated rings. The van der Waals surface area contributed by atoms with Gasteiger partial charge in [-0.3, -0.25) is 4.68 Å². The third-order valence-corrected chi connectivity index (χ3v) is 14.4. The van der Waals surface area contributed by atoms with E-state index in [2.05, 4.69) is 163 Å². The molecule has 75 heavy (non-hydrogen) atoms. The van der Waals surface area contributed by atoms with Crippen LogP contribution in [0.15, 0.2) is 225 Å². The van der Waals surface area contributed by atoms with Crippen LogP contribution in [0.1, 0.15) is 77.3 Å². The van der Waals surface area contributed by atoms with Gasteiger partial charge < -0.3 is 15.0 Å². The highest BCUT2D eigenvalue weighted by Crippen LogP contribution is 2.44. The summed E-state index contributed by atoms with van der Waals surface area (Å²) in [7, 11) is 0. The van der Waals surface area contributed by atoms with Gasteiger partial charge in [-0.15, -0.1) is 5.10 Å². The van der Waals surface area contributed by atoms with E-state index in [0.717, 1.165) is 62.9 Å². The minimum atomic E-state index is -1.00. The van der Waals surface area contributed by atoms with E-state index in [0.29, 0.717) is 36.5 Å². The van der Waals surface area contributed by atoms with Gasteiger partial charge in [0.25, 0.3) is 0 Å². The lowest BCUT2D eigenvalue weighted by atomic mass is 9.77. The number of nitrogens with zero attached hydrogens (tertiary/aromatic N) is 7. The number of aromatic nitrogens is 6. The van der Waals surface area contributed by atoms with Gasteiger partial charge in [0, 0.05) is 19.2 Å². The van der Waals surface area contributed by atoms with Gasteiger partial charge in [-0.25, -0.2) is 18.9 Å². The maximum Gasteiger partial charge on any atom is 0.410 e. The summed E-state index contributed by atoms with van der Waals surface area (Å²) in [6.07, 6.45) is 5.53. The van der Waals surface area contributed by atoms with Crippen LogP contribution in [-0.2, 0) is 35.2 Å². The third kappa shape index (κ3) is 9.81. The van der Waals surface area contributed by atoms with E-state index in [9.17, 15) is 9.18 Å². The van der Waals surface area contributed by atoms with Crippen molar-refractivity contribution in [2.24, 2.45) is 5.92 Å². The Morgan fingerprint density at radius 1 is 0.653 bits per heavy atom. The zero-order valence-electron chi connectivity index (χ0n) is 42.4. The molecule has 4 heterocycles. The summed E-state index contributed by atoms with van der Waals surface area (Å²) in [5, 5.41) is 19.3. The number of benzene rings is 7. The number of pyridine rings is 1. The fraction of sp³-hybridized carbons (Fsp3) is 0.203. The van der Waals surface area contributed by atoms with Crippen molar-refractivity contribution in [1.29, 1.82) is 0 Å². The Bertz CT molecular complexity index is 3300. The Morgan fingerprint density at radius 2 is 1.15 bits per heavy atom. The van der Waals surface area contributed by atoms with Crippen molar-refractivity contribution >= 4 is 23.1 Å². The average molecular weight is 991 g/mol. The number of nitrogens with one attached hydrogen (secondary N) is 1. The number of fused-ring (bicyclic) bond motifs is 1. The smallest absolute Gasteiger partial charge is 0.410 e. The lowest BCUT2D eigenvalue weighted by Gasteiger charge is -2.38. The maximum absolute atomic E-state index is 13.9. The standard InChI is InChI=1S/C64H59FN8O2/c1-62(2,3)75-61(74)72-44-47(38-46-34-36-56(65)37-35-46)40-57(72)45-71-43-48(42-66-71)39-49-41-58(68-63(50-22-10-4-11-23-50,51-24-12-5-13-25-51)52-26-14-6-15-27-52)67-60-59(49)69-70-73(60)64(53-28-16-7-17-29-53,54-30-18-8-19-31-54)55-32-20-9-21-33-55/h4-37,41-43,47,57H,38-40,44-45H2,1-3H3,(H,67,68). The monoisotopic (exact) mass is 990 g/mol. The molecule has 1 aliphatic rings. The second kappa shape index (κ2) is 20.7. The summed E-state index contributed by atoms with van der Waals surface area (Å²) < 4.78 is 23.8. The number of amides is 1. The topological polar surface area (TPSA) is 103 Å². The first-order valence-electron chi connectivity index (χ1n) is 25.7. The van der Waals surface area contributed by atoms with Gasteiger partial charge in [0.15, 0.2) is 5.65 Å². The molecule has 1 N–H and O–H groups in total. The molecule has 1 aliphatic heterocycles. The Hall–Kier alpha value is -8.70. The van der Waals surface area contributed by atoms with Gasteiger partial charge >= 0.3 is 6.09 Å². The van der Waals surface area contributed by atoms with Crippen LogP contribution in [0, 0.1) is 11.7 Å². The van der Waals surface area contributed by atoms with Crippen molar-refractivity contribution < 1.29 is 13.9 Å². The number of rotatable bonds is 15. The minimum Gasteiger partial charge on any atom is -0.444 e. The van der Waals surface area contributed by atoms with Crippen LogP contribution in [0.2, 0.25) is 0 Å². The van der Waals surface area contributed by atoms with Crippen LogP contribution in [-0.4, -0.2) is 58.9 Å². The largest absolute Gasteiger partial charge is 0.444 e. The van der Waals surface area contributed by atoms with Crippen LogP contribution < -0.4 is 5.32 Å². The van der Waals surface area contributed by atoms with E-state index < -0.39 is 16.7 Å². The fourth-order valence-electron chi connectivity index (χ4n) is 11.1. The molecule has 11 heteroatoms. The minimum absolute atomic E-state index is 0.159. The first kappa shape index (κ1) is 48.6. The van der Waals surface area contributed by atoms with Crippen molar-refractivity contribution in [3.8, 4) is 0 Å². The van der Waals surface area contributed by atoms with Crippen molar-refractivity contribution in [2.45, 2.75) is 69.3 Å². The number of hydrogen-bond donors (Lipinski definition) is 1. The predicted octanol–water partition coefficient (Wildman–Crippen LogP) is 12.9. The molecule has 0 saturated carbocycles. The van der Waals surface area contributed by atoms with E-state index in [4.69, 9.17) is 25.1 Å². The van der Waals surface area contributed by atoms with E-state index in [-0.39, 0.29) is 23.9 Å². The number of halogens is 1. The summed E-state index contributed by atoms with van der Waals surface area (Å²) in [6.45, 7) is 6.65. The first-order chi connectivity index (χ1) is 36.6. The zero-order chi connectivity index (χ0) is 51.4. The van der Waals surface area contributed by atoms with Crippen LogP contribution in [0.5, 0.6) is 0 Å². The molecule has 2 atom stereocenters. The number of likely N-dealkylation sites (tertiary alicyclic amines) is 1. The molecule has 3 aromatic heterocycles.